The number of amides is 3. The molecule has 3 aromatic rings. The highest BCUT2D eigenvalue weighted by molar-refractivity contribution is 8.04. The van der Waals surface area contributed by atoms with Gasteiger partial charge in [-0.1, -0.05) is 58.7 Å². The Morgan fingerprint density at radius 2 is 1.74 bits per heavy atom. The van der Waals surface area contributed by atoms with Crippen molar-refractivity contribution in [2.24, 2.45) is 0 Å². The number of halogens is 2. The highest BCUT2D eigenvalue weighted by atomic mass is 35.5. The van der Waals surface area contributed by atoms with Gasteiger partial charge in [0.15, 0.2) is 0 Å². The molecular weight excluding hydrogens is 545 g/mol. The molecule has 0 bridgehead atoms. The zero-order valence-electron chi connectivity index (χ0n) is 20.7. The highest BCUT2D eigenvalue weighted by Gasteiger charge is 2.38. The van der Waals surface area contributed by atoms with E-state index in [2.05, 4.69) is 10.6 Å². The van der Waals surface area contributed by atoms with Crippen molar-refractivity contribution in [3.05, 3.63) is 98.5 Å². The number of carbonyl (C=O) groups excluding carboxylic acids is 3. The molecule has 4 rings (SSSR count). The van der Waals surface area contributed by atoms with E-state index >= 15 is 0 Å². The van der Waals surface area contributed by atoms with Gasteiger partial charge in [-0.3, -0.25) is 19.3 Å². The maximum Gasteiger partial charge on any atom is 0.278 e. The normalized spacial score (nSPS) is 13.3. The van der Waals surface area contributed by atoms with Crippen LogP contribution in [0, 0.1) is 6.92 Å². The summed E-state index contributed by atoms with van der Waals surface area (Å²) in [6.07, 6.45) is 0.526. The number of aryl methyl sites for hydroxylation is 1. The molecule has 196 valence electrons. The number of methoxy groups -OCH3 is 1. The number of anilines is 2. The summed E-state index contributed by atoms with van der Waals surface area (Å²) in [6.45, 7) is 2.64. The molecule has 1 heterocycles. The van der Waals surface area contributed by atoms with Crippen molar-refractivity contribution in [1.82, 2.24) is 4.90 Å². The standard InChI is InChI=1S/C28H25Cl2N3O4S/c1-17-7-10-19(11-8-17)31-24-25(28(36)33(27(24)35)13-4-14-37-2)38-21-6-3-5-20(16-21)32-26(34)22-12-9-18(29)15-23(22)30/h3,5-12,15-16,31H,4,13-14H2,1-2H3,(H,32,34). The molecule has 0 aromatic heterocycles. The van der Waals surface area contributed by atoms with Gasteiger partial charge in [0.2, 0.25) is 0 Å². The largest absolute Gasteiger partial charge is 0.385 e. The zero-order valence-corrected chi connectivity index (χ0v) is 23.0. The van der Waals surface area contributed by atoms with Gasteiger partial charge in [0.25, 0.3) is 17.7 Å². The molecule has 3 aromatic carbocycles. The smallest absolute Gasteiger partial charge is 0.278 e. The highest BCUT2D eigenvalue weighted by Crippen LogP contribution is 2.37. The molecule has 0 aliphatic carbocycles. The summed E-state index contributed by atoms with van der Waals surface area (Å²) in [5.74, 6) is -1.17. The van der Waals surface area contributed by atoms with Crippen LogP contribution < -0.4 is 10.6 Å². The Morgan fingerprint density at radius 3 is 2.45 bits per heavy atom. The van der Waals surface area contributed by atoms with Gasteiger partial charge in [0.05, 0.1) is 10.6 Å². The fraction of sp³-hybridized carbons (Fsp3) is 0.179. The van der Waals surface area contributed by atoms with Crippen LogP contribution in [0.4, 0.5) is 11.4 Å². The number of carbonyl (C=O) groups is 3. The lowest BCUT2D eigenvalue weighted by atomic mass is 10.2. The Balaban J connectivity index is 1.58. The summed E-state index contributed by atoms with van der Waals surface area (Å²) < 4.78 is 5.09. The quantitative estimate of drug-likeness (QED) is 0.218. The van der Waals surface area contributed by atoms with E-state index in [4.69, 9.17) is 27.9 Å². The summed E-state index contributed by atoms with van der Waals surface area (Å²) >= 11 is 13.3. The molecule has 0 atom stereocenters. The first-order valence-electron chi connectivity index (χ1n) is 11.7. The van der Waals surface area contributed by atoms with Crippen LogP contribution in [0.5, 0.6) is 0 Å². The van der Waals surface area contributed by atoms with Crippen LogP contribution in [0.15, 0.2) is 82.2 Å². The van der Waals surface area contributed by atoms with Crippen LogP contribution in [-0.2, 0) is 14.3 Å². The first-order valence-corrected chi connectivity index (χ1v) is 13.3. The molecule has 3 amide bonds. The predicted octanol–water partition coefficient (Wildman–Crippen LogP) is 6.38. The molecule has 0 spiro atoms. The maximum atomic E-state index is 13.3. The lowest BCUT2D eigenvalue weighted by Gasteiger charge is -2.14. The minimum Gasteiger partial charge on any atom is -0.385 e. The van der Waals surface area contributed by atoms with E-state index in [1.54, 1.807) is 43.5 Å². The van der Waals surface area contributed by atoms with Crippen LogP contribution in [0.2, 0.25) is 10.0 Å². The average Bonchev–Trinajstić information content (AvgIpc) is 3.09. The summed E-state index contributed by atoms with van der Waals surface area (Å²) in [5.41, 5.74) is 2.78. The van der Waals surface area contributed by atoms with Crippen LogP contribution in [0.1, 0.15) is 22.3 Å². The number of hydrogen-bond donors (Lipinski definition) is 2. The van der Waals surface area contributed by atoms with Gasteiger partial charge in [0.1, 0.15) is 10.6 Å². The van der Waals surface area contributed by atoms with E-state index in [-0.39, 0.29) is 33.6 Å². The second kappa shape index (κ2) is 12.5. The van der Waals surface area contributed by atoms with Crippen molar-refractivity contribution in [2.75, 3.05) is 30.9 Å². The first kappa shape index (κ1) is 27.7. The summed E-state index contributed by atoms with van der Waals surface area (Å²) in [5, 5.41) is 6.62. The van der Waals surface area contributed by atoms with E-state index in [0.29, 0.717) is 34.3 Å². The lowest BCUT2D eigenvalue weighted by Crippen LogP contribution is -2.33. The number of rotatable bonds is 10. The third kappa shape index (κ3) is 6.57. The van der Waals surface area contributed by atoms with E-state index in [0.717, 1.165) is 17.3 Å². The van der Waals surface area contributed by atoms with E-state index in [1.165, 1.54) is 11.0 Å². The molecule has 0 radical (unpaired) electrons. The summed E-state index contributed by atoms with van der Waals surface area (Å²) in [6, 6.07) is 19.2. The Kier molecular flexibility index (Phi) is 9.12. The molecule has 0 saturated heterocycles. The van der Waals surface area contributed by atoms with Gasteiger partial charge in [-0.05, 0) is 61.9 Å². The molecule has 38 heavy (non-hydrogen) atoms. The molecule has 0 fully saturated rings. The fourth-order valence-corrected chi connectivity index (χ4v) is 5.24. The van der Waals surface area contributed by atoms with Crippen LogP contribution in [0.25, 0.3) is 0 Å². The number of ether oxygens (including phenoxy) is 1. The number of nitrogens with zero attached hydrogens (tertiary/aromatic N) is 1. The van der Waals surface area contributed by atoms with Crippen molar-refractivity contribution in [2.45, 2.75) is 18.2 Å². The Bertz CT molecular complexity index is 1410. The monoisotopic (exact) mass is 569 g/mol. The van der Waals surface area contributed by atoms with Gasteiger partial charge < -0.3 is 15.4 Å². The third-order valence-corrected chi connectivity index (χ3v) is 7.28. The van der Waals surface area contributed by atoms with Gasteiger partial charge in [-0.25, -0.2) is 0 Å². The third-order valence-electron chi connectivity index (χ3n) is 5.66. The van der Waals surface area contributed by atoms with Crippen LogP contribution >= 0.6 is 35.0 Å². The van der Waals surface area contributed by atoms with E-state index in [1.807, 2.05) is 31.2 Å². The second-order valence-electron chi connectivity index (χ2n) is 8.51. The molecule has 1 aliphatic rings. The lowest BCUT2D eigenvalue weighted by molar-refractivity contribution is -0.137. The first-order chi connectivity index (χ1) is 18.3. The molecular formula is C28H25Cl2N3O4S. The fourth-order valence-electron chi connectivity index (χ4n) is 3.74. The number of imide groups is 1. The van der Waals surface area contributed by atoms with Crippen molar-refractivity contribution in [1.29, 1.82) is 0 Å². The van der Waals surface area contributed by atoms with Gasteiger partial charge in [-0.2, -0.15) is 0 Å². The predicted molar refractivity (Wildman–Crippen MR) is 152 cm³/mol. The average molecular weight is 570 g/mol. The minimum atomic E-state index is -0.397. The van der Waals surface area contributed by atoms with Crippen molar-refractivity contribution < 1.29 is 19.1 Å². The minimum absolute atomic E-state index is 0.212. The van der Waals surface area contributed by atoms with E-state index in [9.17, 15) is 14.4 Å². The molecule has 10 heteroatoms. The molecule has 2 N–H and O–H groups in total. The number of nitrogens with one attached hydrogen (secondary N) is 2. The Hall–Kier alpha value is -3.30. The Morgan fingerprint density at radius 1 is 0.974 bits per heavy atom. The number of thioether (sulfide) groups is 1. The van der Waals surface area contributed by atoms with Gasteiger partial charge in [-0.15, -0.1) is 0 Å². The Labute approximate surface area is 235 Å². The number of hydrogen-bond acceptors (Lipinski definition) is 6. The number of benzene rings is 3. The topological polar surface area (TPSA) is 87.7 Å². The van der Waals surface area contributed by atoms with Gasteiger partial charge >= 0.3 is 0 Å². The maximum absolute atomic E-state index is 13.3. The molecule has 0 unspecified atom stereocenters. The van der Waals surface area contributed by atoms with Gasteiger partial charge in [0, 0.05) is 41.6 Å². The molecule has 7 nitrogen and oxygen atoms in total. The van der Waals surface area contributed by atoms with Crippen molar-refractivity contribution in [3.8, 4) is 0 Å². The SMILES string of the molecule is COCCCN1C(=O)C(Nc2ccc(C)cc2)=C(Sc2cccc(NC(=O)c3ccc(Cl)cc3Cl)c2)C1=O. The van der Waals surface area contributed by atoms with Crippen LogP contribution in [-0.4, -0.2) is 42.9 Å². The van der Waals surface area contributed by atoms with E-state index < -0.39 is 11.8 Å². The molecule has 0 saturated carbocycles. The summed E-state index contributed by atoms with van der Waals surface area (Å²) in [7, 11) is 1.57. The van der Waals surface area contributed by atoms with Crippen LogP contribution in [0.3, 0.4) is 0 Å². The second-order valence-corrected chi connectivity index (χ2v) is 10.4. The molecule has 1 aliphatic heterocycles. The zero-order chi connectivity index (χ0) is 27.2. The van der Waals surface area contributed by atoms with Crippen molar-refractivity contribution >= 4 is 64.1 Å². The summed E-state index contributed by atoms with van der Waals surface area (Å²) in [4.78, 5) is 41.5. The van der Waals surface area contributed by atoms with Crippen molar-refractivity contribution in [3.63, 3.8) is 0 Å².